The minimum absolute atomic E-state index is 0.0609. The van der Waals surface area contributed by atoms with Crippen molar-refractivity contribution >= 4 is 12.0 Å². The lowest BCUT2D eigenvalue weighted by molar-refractivity contribution is 0.0611. The van der Waals surface area contributed by atoms with Crippen LogP contribution in [0.5, 0.6) is 5.75 Å². The Balaban J connectivity index is 1.48. The molecule has 0 bridgehead atoms. The molecule has 1 N–H and O–H groups in total. The Labute approximate surface area is 144 Å². The molecule has 25 heavy (non-hydrogen) atoms. The van der Waals surface area contributed by atoms with E-state index in [0.29, 0.717) is 37.6 Å². The van der Waals surface area contributed by atoms with Crippen LogP contribution in [0.25, 0.3) is 11.3 Å². The van der Waals surface area contributed by atoms with Crippen LogP contribution in [-0.2, 0) is 4.74 Å². The van der Waals surface area contributed by atoms with Crippen molar-refractivity contribution in [2.24, 2.45) is 0 Å². The highest BCUT2D eigenvalue weighted by molar-refractivity contribution is 5.93. The van der Waals surface area contributed by atoms with Gasteiger partial charge in [-0.1, -0.05) is 0 Å². The maximum atomic E-state index is 12.7. The topological polar surface area (TPSA) is 87.8 Å². The fourth-order valence-electron chi connectivity index (χ4n) is 3.18. The molecule has 0 saturated carbocycles. The molecule has 2 aliphatic rings. The van der Waals surface area contributed by atoms with Crippen LogP contribution in [0.4, 0.5) is 4.79 Å². The largest absolute Gasteiger partial charge is 0.497 e. The van der Waals surface area contributed by atoms with Crippen LogP contribution >= 0.6 is 0 Å². The average Bonchev–Trinajstić information content (AvgIpc) is 3.28. The quantitative estimate of drug-likeness (QED) is 0.910. The van der Waals surface area contributed by atoms with Crippen LogP contribution in [0.2, 0.25) is 0 Å². The second-order valence-corrected chi connectivity index (χ2v) is 6.07. The highest BCUT2D eigenvalue weighted by Gasteiger charge is 2.39. The molecule has 1 aromatic carbocycles. The number of rotatable bonds is 3. The standard InChI is InChI=1S/C17H18N4O4/c1-24-13-4-2-11(3-5-13)14-8-15(19-18-14)16(22)20-6-7-21-12(9-20)10-25-17(21)23/h2-5,8,12H,6-7,9-10H2,1H3,(H,18,19)/t12-/m1/s1. The second-order valence-electron chi connectivity index (χ2n) is 6.07. The van der Waals surface area contributed by atoms with E-state index in [1.165, 1.54) is 0 Å². The van der Waals surface area contributed by atoms with Crippen LogP contribution in [0.1, 0.15) is 10.5 Å². The Kier molecular flexibility index (Phi) is 3.79. The molecule has 2 amide bonds. The van der Waals surface area contributed by atoms with Gasteiger partial charge in [0.05, 0.1) is 18.8 Å². The van der Waals surface area contributed by atoms with Gasteiger partial charge in [0.15, 0.2) is 0 Å². The molecule has 2 saturated heterocycles. The summed E-state index contributed by atoms with van der Waals surface area (Å²) >= 11 is 0. The SMILES string of the molecule is COc1ccc(-c2cc(C(=O)N3CCN4C(=O)OC[C@H]4C3)[nH]n2)cc1. The van der Waals surface area contributed by atoms with E-state index < -0.39 is 0 Å². The number of hydrogen-bond donors (Lipinski definition) is 1. The first-order valence-corrected chi connectivity index (χ1v) is 8.08. The summed E-state index contributed by atoms with van der Waals surface area (Å²) in [7, 11) is 1.61. The monoisotopic (exact) mass is 342 g/mol. The maximum Gasteiger partial charge on any atom is 0.410 e. The number of cyclic esters (lactones) is 1. The lowest BCUT2D eigenvalue weighted by atomic mass is 10.1. The van der Waals surface area contributed by atoms with Gasteiger partial charge in [-0.3, -0.25) is 14.8 Å². The zero-order valence-corrected chi connectivity index (χ0v) is 13.8. The van der Waals surface area contributed by atoms with E-state index in [4.69, 9.17) is 9.47 Å². The lowest BCUT2D eigenvalue weighted by Gasteiger charge is -2.35. The van der Waals surface area contributed by atoms with Crippen molar-refractivity contribution in [2.45, 2.75) is 6.04 Å². The second kappa shape index (κ2) is 6.12. The number of piperazine rings is 1. The normalized spacial score (nSPS) is 19.6. The van der Waals surface area contributed by atoms with Crippen molar-refractivity contribution in [1.82, 2.24) is 20.0 Å². The summed E-state index contributed by atoms with van der Waals surface area (Å²) < 4.78 is 10.2. The number of carbonyl (C=O) groups is 2. The van der Waals surface area contributed by atoms with Gasteiger partial charge in [0.1, 0.15) is 18.1 Å². The molecule has 8 nitrogen and oxygen atoms in total. The molecule has 2 aliphatic heterocycles. The van der Waals surface area contributed by atoms with Gasteiger partial charge in [0, 0.05) is 25.2 Å². The number of hydrogen-bond acceptors (Lipinski definition) is 5. The number of carbonyl (C=O) groups excluding carboxylic acids is 2. The lowest BCUT2D eigenvalue weighted by Crippen LogP contribution is -2.53. The van der Waals surface area contributed by atoms with Crippen LogP contribution in [-0.4, -0.2) is 71.4 Å². The predicted molar refractivity (Wildman–Crippen MR) is 88.3 cm³/mol. The number of ether oxygens (including phenoxy) is 2. The minimum atomic E-state index is -0.291. The van der Waals surface area contributed by atoms with Crippen LogP contribution in [0, 0.1) is 0 Å². The van der Waals surface area contributed by atoms with Crippen LogP contribution in [0.3, 0.4) is 0 Å². The molecule has 1 aromatic heterocycles. The first-order valence-electron chi connectivity index (χ1n) is 8.08. The van der Waals surface area contributed by atoms with Crippen molar-refractivity contribution in [2.75, 3.05) is 33.4 Å². The highest BCUT2D eigenvalue weighted by Crippen LogP contribution is 2.23. The summed E-state index contributed by atoms with van der Waals surface area (Å²) in [6.07, 6.45) is -0.291. The van der Waals surface area contributed by atoms with Crippen molar-refractivity contribution in [1.29, 1.82) is 0 Å². The number of methoxy groups -OCH3 is 1. The highest BCUT2D eigenvalue weighted by atomic mass is 16.6. The number of nitrogens with zero attached hydrogens (tertiary/aromatic N) is 3. The van der Waals surface area contributed by atoms with Crippen LogP contribution in [0.15, 0.2) is 30.3 Å². The van der Waals surface area contributed by atoms with Gasteiger partial charge in [0.25, 0.3) is 5.91 Å². The number of nitrogens with one attached hydrogen (secondary N) is 1. The number of aromatic amines is 1. The molecule has 8 heteroatoms. The van der Waals surface area contributed by atoms with E-state index in [-0.39, 0.29) is 18.0 Å². The first kappa shape index (κ1) is 15.5. The Hall–Kier alpha value is -3.03. The van der Waals surface area contributed by atoms with Gasteiger partial charge in [-0.25, -0.2) is 4.79 Å². The van der Waals surface area contributed by atoms with Crippen molar-refractivity contribution in [3.8, 4) is 17.0 Å². The number of H-pyrrole nitrogens is 1. The summed E-state index contributed by atoms with van der Waals surface area (Å²) in [6, 6.07) is 9.16. The maximum absolute atomic E-state index is 12.7. The molecule has 130 valence electrons. The zero-order chi connectivity index (χ0) is 17.4. The third-order valence-corrected chi connectivity index (χ3v) is 4.60. The van der Waals surface area contributed by atoms with Gasteiger partial charge in [0.2, 0.25) is 0 Å². The molecule has 1 atom stereocenters. The fourth-order valence-corrected chi connectivity index (χ4v) is 3.18. The smallest absolute Gasteiger partial charge is 0.410 e. The summed E-state index contributed by atoms with van der Waals surface area (Å²) in [5.74, 6) is 0.646. The summed E-state index contributed by atoms with van der Waals surface area (Å²) in [5.41, 5.74) is 2.03. The Bertz CT molecular complexity index is 801. The van der Waals surface area contributed by atoms with Crippen molar-refractivity contribution in [3.63, 3.8) is 0 Å². The van der Waals surface area contributed by atoms with E-state index >= 15 is 0 Å². The van der Waals surface area contributed by atoms with Crippen molar-refractivity contribution < 1.29 is 19.1 Å². The van der Waals surface area contributed by atoms with E-state index in [1.807, 2.05) is 24.3 Å². The predicted octanol–water partition coefficient (Wildman–Crippen LogP) is 1.36. The number of aromatic nitrogens is 2. The third-order valence-electron chi connectivity index (χ3n) is 4.60. The molecule has 0 spiro atoms. The van der Waals surface area contributed by atoms with Gasteiger partial charge in [-0.15, -0.1) is 0 Å². The Morgan fingerprint density at radius 2 is 2.12 bits per heavy atom. The molecule has 2 fully saturated rings. The Morgan fingerprint density at radius 3 is 2.88 bits per heavy atom. The van der Waals surface area contributed by atoms with Crippen LogP contribution < -0.4 is 4.74 Å². The molecule has 4 rings (SSSR count). The molecule has 0 radical (unpaired) electrons. The van der Waals surface area contributed by atoms with E-state index in [2.05, 4.69) is 10.2 Å². The Morgan fingerprint density at radius 1 is 1.32 bits per heavy atom. The summed E-state index contributed by atoms with van der Waals surface area (Å²) in [4.78, 5) is 27.7. The number of benzene rings is 1. The van der Waals surface area contributed by atoms with Gasteiger partial charge in [-0.2, -0.15) is 5.10 Å². The third kappa shape index (κ3) is 2.79. The van der Waals surface area contributed by atoms with Gasteiger partial charge >= 0.3 is 6.09 Å². The molecular formula is C17H18N4O4. The summed E-state index contributed by atoms with van der Waals surface area (Å²) in [5, 5.41) is 7.05. The van der Waals surface area contributed by atoms with Gasteiger partial charge < -0.3 is 14.4 Å². The molecule has 0 unspecified atom stereocenters. The minimum Gasteiger partial charge on any atom is -0.497 e. The van der Waals surface area contributed by atoms with Crippen molar-refractivity contribution in [3.05, 3.63) is 36.0 Å². The average molecular weight is 342 g/mol. The number of amides is 2. The summed E-state index contributed by atoms with van der Waals surface area (Å²) in [6.45, 7) is 1.79. The van der Waals surface area contributed by atoms with Gasteiger partial charge in [-0.05, 0) is 30.3 Å². The molecular weight excluding hydrogens is 324 g/mol. The molecule has 2 aromatic rings. The van der Waals surface area contributed by atoms with E-state index in [1.54, 1.807) is 23.0 Å². The first-order chi connectivity index (χ1) is 12.2. The van der Waals surface area contributed by atoms with E-state index in [9.17, 15) is 9.59 Å². The number of fused-ring (bicyclic) bond motifs is 1. The molecule has 3 heterocycles. The zero-order valence-electron chi connectivity index (χ0n) is 13.8. The van der Waals surface area contributed by atoms with E-state index in [0.717, 1.165) is 11.3 Å². The molecule has 0 aliphatic carbocycles. The fraction of sp³-hybridized carbons (Fsp3) is 0.353.